The first-order valence-corrected chi connectivity index (χ1v) is 7.73. The minimum absolute atomic E-state index is 0.253. The SMILES string of the molecule is OC[C@H]1O[C@@H](n2cnc3c2NC=NC3(O)c2ccccc2)C[C@@H]1O. The van der Waals surface area contributed by atoms with Gasteiger partial charge in [0.2, 0.25) is 5.72 Å². The van der Waals surface area contributed by atoms with Crippen LogP contribution in [0.2, 0.25) is 0 Å². The van der Waals surface area contributed by atoms with Gasteiger partial charge in [-0.1, -0.05) is 30.3 Å². The van der Waals surface area contributed by atoms with Crippen LogP contribution >= 0.6 is 0 Å². The highest BCUT2D eigenvalue weighted by Crippen LogP contribution is 2.40. The third-order valence-corrected chi connectivity index (χ3v) is 4.45. The molecular formula is C16H18N4O4. The second kappa shape index (κ2) is 5.67. The molecule has 3 heterocycles. The van der Waals surface area contributed by atoms with Crippen LogP contribution in [0.25, 0.3) is 0 Å². The van der Waals surface area contributed by atoms with Gasteiger partial charge in [0.25, 0.3) is 0 Å². The van der Waals surface area contributed by atoms with Crippen molar-refractivity contribution in [1.29, 1.82) is 0 Å². The summed E-state index contributed by atoms with van der Waals surface area (Å²) in [5, 5.41) is 33.2. The van der Waals surface area contributed by atoms with Gasteiger partial charge < -0.3 is 25.4 Å². The Morgan fingerprint density at radius 1 is 1.33 bits per heavy atom. The van der Waals surface area contributed by atoms with Gasteiger partial charge in [0.15, 0.2) is 0 Å². The highest BCUT2D eigenvalue weighted by molar-refractivity contribution is 5.79. The number of aliphatic imine (C=N–C) groups is 1. The number of rotatable bonds is 3. The first-order valence-electron chi connectivity index (χ1n) is 7.73. The number of ether oxygens (including phenoxy) is 1. The van der Waals surface area contributed by atoms with Crippen molar-refractivity contribution in [3.8, 4) is 0 Å². The van der Waals surface area contributed by atoms with Crippen molar-refractivity contribution in [2.24, 2.45) is 4.99 Å². The standard InChI is InChI=1S/C16H18N4O4/c21-7-12-11(22)6-13(24-12)20-9-18-14-15(20)17-8-19-16(14,23)10-4-2-1-3-5-10/h1-5,8-9,11-13,21-23H,6-7H2,(H,17,19)/t11-,12+,13+,16?/m0/s1. The van der Waals surface area contributed by atoms with Crippen molar-refractivity contribution in [2.75, 3.05) is 11.9 Å². The van der Waals surface area contributed by atoms with Gasteiger partial charge in [-0.05, 0) is 0 Å². The molecule has 1 fully saturated rings. The van der Waals surface area contributed by atoms with Gasteiger partial charge in [0, 0.05) is 12.0 Å². The van der Waals surface area contributed by atoms with Crippen LogP contribution in [-0.4, -0.2) is 50.0 Å². The molecule has 1 unspecified atom stereocenters. The Kier molecular flexibility index (Phi) is 3.61. The van der Waals surface area contributed by atoms with Gasteiger partial charge >= 0.3 is 0 Å². The minimum atomic E-state index is -1.58. The molecule has 0 radical (unpaired) electrons. The zero-order chi connectivity index (χ0) is 16.7. The summed E-state index contributed by atoms with van der Waals surface area (Å²) in [4.78, 5) is 8.49. The van der Waals surface area contributed by atoms with E-state index in [2.05, 4.69) is 15.3 Å². The predicted molar refractivity (Wildman–Crippen MR) is 85.4 cm³/mol. The number of anilines is 1. The van der Waals surface area contributed by atoms with Gasteiger partial charge in [-0.3, -0.25) is 4.57 Å². The van der Waals surface area contributed by atoms with E-state index in [-0.39, 0.29) is 6.61 Å². The summed E-state index contributed by atoms with van der Waals surface area (Å²) >= 11 is 0. The van der Waals surface area contributed by atoms with Crippen molar-refractivity contribution in [2.45, 2.75) is 30.6 Å². The number of imidazole rings is 1. The molecule has 0 bridgehead atoms. The molecule has 2 aromatic rings. The molecule has 8 heteroatoms. The zero-order valence-corrected chi connectivity index (χ0v) is 12.8. The lowest BCUT2D eigenvalue weighted by molar-refractivity contribution is -0.0438. The smallest absolute Gasteiger partial charge is 0.231 e. The molecule has 126 valence electrons. The summed E-state index contributed by atoms with van der Waals surface area (Å²) in [5.74, 6) is 0.548. The number of nitrogens with zero attached hydrogens (tertiary/aromatic N) is 3. The van der Waals surface area contributed by atoms with Crippen molar-refractivity contribution in [3.63, 3.8) is 0 Å². The maximum absolute atomic E-state index is 11.1. The van der Waals surface area contributed by atoms with E-state index < -0.39 is 24.2 Å². The lowest BCUT2D eigenvalue weighted by Gasteiger charge is -2.27. The molecule has 4 rings (SSSR count). The summed E-state index contributed by atoms with van der Waals surface area (Å²) in [5.41, 5.74) is -0.614. The van der Waals surface area contributed by atoms with E-state index in [0.717, 1.165) is 0 Å². The lowest BCUT2D eigenvalue weighted by atomic mass is 9.99. The van der Waals surface area contributed by atoms with E-state index >= 15 is 0 Å². The predicted octanol–water partition coefficient (Wildman–Crippen LogP) is 0.171. The van der Waals surface area contributed by atoms with Crippen LogP contribution in [0.4, 0.5) is 5.82 Å². The van der Waals surface area contributed by atoms with Gasteiger partial charge in [-0.15, -0.1) is 0 Å². The van der Waals surface area contributed by atoms with Gasteiger partial charge in [-0.2, -0.15) is 0 Å². The molecule has 0 aliphatic carbocycles. The maximum atomic E-state index is 11.1. The normalized spacial score (nSPS) is 31.7. The average Bonchev–Trinajstić information content (AvgIpc) is 3.20. The molecule has 0 saturated carbocycles. The maximum Gasteiger partial charge on any atom is 0.231 e. The number of fused-ring (bicyclic) bond motifs is 1. The molecule has 0 amide bonds. The lowest BCUT2D eigenvalue weighted by Crippen LogP contribution is -2.31. The molecule has 1 saturated heterocycles. The zero-order valence-electron chi connectivity index (χ0n) is 12.8. The van der Waals surface area contributed by atoms with Gasteiger partial charge in [-0.25, -0.2) is 9.98 Å². The number of aliphatic hydroxyl groups excluding tert-OH is 2. The molecule has 1 aromatic heterocycles. The van der Waals surface area contributed by atoms with Crippen LogP contribution in [0, 0.1) is 0 Å². The Labute approximate surface area is 138 Å². The summed E-state index contributed by atoms with van der Waals surface area (Å²) in [7, 11) is 0. The number of nitrogens with one attached hydrogen (secondary N) is 1. The Balaban J connectivity index is 1.72. The molecule has 2 aliphatic rings. The highest BCUT2D eigenvalue weighted by Gasteiger charge is 2.41. The Bertz CT molecular complexity index is 763. The third-order valence-electron chi connectivity index (χ3n) is 4.45. The molecular weight excluding hydrogens is 312 g/mol. The molecule has 2 aliphatic heterocycles. The fourth-order valence-corrected chi connectivity index (χ4v) is 3.16. The van der Waals surface area contributed by atoms with Crippen LogP contribution in [-0.2, 0) is 10.5 Å². The van der Waals surface area contributed by atoms with E-state index in [0.29, 0.717) is 23.5 Å². The molecule has 4 N–H and O–H groups in total. The average molecular weight is 330 g/mol. The van der Waals surface area contributed by atoms with Crippen LogP contribution in [0.3, 0.4) is 0 Å². The number of aliphatic hydroxyl groups is 3. The number of hydrogen-bond acceptors (Lipinski definition) is 7. The number of aromatic nitrogens is 2. The quantitative estimate of drug-likeness (QED) is 0.638. The first kappa shape index (κ1) is 15.3. The monoisotopic (exact) mass is 330 g/mol. The second-order valence-corrected chi connectivity index (χ2v) is 5.90. The summed E-state index contributed by atoms with van der Waals surface area (Å²) in [6, 6.07) is 9.07. The Hall–Kier alpha value is -2.26. The van der Waals surface area contributed by atoms with Crippen LogP contribution in [0.15, 0.2) is 41.7 Å². The number of benzene rings is 1. The topological polar surface area (TPSA) is 112 Å². The summed E-state index contributed by atoms with van der Waals surface area (Å²) < 4.78 is 7.37. The van der Waals surface area contributed by atoms with Crippen molar-refractivity contribution in [3.05, 3.63) is 47.9 Å². The fourth-order valence-electron chi connectivity index (χ4n) is 3.16. The molecule has 4 atom stereocenters. The summed E-state index contributed by atoms with van der Waals surface area (Å²) in [6.07, 6.45) is 1.44. The van der Waals surface area contributed by atoms with Crippen molar-refractivity contribution < 1.29 is 20.1 Å². The molecule has 8 nitrogen and oxygen atoms in total. The van der Waals surface area contributed by atoms with Crippen molar-refractivity contribution in [1.82, 2.24) is 9.55 Å². The summed E-state index contributed by atoms with van der Waals surface area (Å²) in [6.45, 7) is -0.253. The van der Waals surface area contributed by atoms with E-state index in [1.165, 1.54) is 12.7 Å². The number of hydrogen-bond donors (Lipinski definition) is 4. The molecule has 24 heavy (non-hydrogen) atoms. The largest absolute Gasteiger partial charge is 0.394 e. The van der Waals surface area contributed by atoms with Gasteiger partial charge in [0.05, 0.1) is 25.4 Å². The van der Waals surface area contributed by atoms with Crippen molar-refractivity contribution >= 4 is 12.2 Å². The molecule has 0 spiro atoms. The minimum Gasteiger partial charge on any atom is -0.394 e. The van der Waals surface area contributed by atoms with E-state index in [9.17, 15) is 15.3 Å². The van der Waals surface area contributed by atoms with Gasteiger partial charge in [0.1, 0.15) is 23.8 Å². The van der Waals surface area contributed by atoms with E-state index in [1.807, 2.05) is 18.2 Å². The Morgan fingerprint density at radius 2 is 2.12 bits per heavy atom. The van der Waals surface area contributed by atoms with Crippen LogP contribution < -0.4 is 5.32 Å². The second-order valence-electron chi connectivity index (χ2n) is 5.90. The van der Waals surface area contributed by atoms with E-state index in [1.54, 1.807) is 16.7 Å². The first-order chi connectivity index (χ1) is 11.6. The van der Waals surface area contributed by atoms with E-state index in [4.69, 9.17) is 4.74 Å². The third kappa shape index (κ3) is 2.23. The highest BCUT2D eigenvalue weighted by atomic mass is 16.5. The van der Waals surface area contributed by atoms with Crippen LogP contribution in [0.1, 0.15) is 23.9 Å². The van der Waals surface area contributed by atoms with Crippen LogP contribution in [0.5, 0.6) is 0 Å². The Morgan fingerprint density at radius 3 is 2.83 bits per heavy atom. The fraction of sp³-hybridized carbons (Fsp3) is 0.375. The molecule has 1 aromatic carbocycles.